The van der Waals surface area contributed by atoms with Crippen LogP contribution in [-0.2, 0) is 27.9 Å². The molecule has 0 saturated heterocycles. The van der Waals surface area contributed by atoms with Crippen molar-refractivity contribution in [2.24, 2.45) is 5.73 Å². The van der Waals surface area contributed by atoms with Gasteiger partial charge >= 0.3 is 13.8 Å². The zero-order valence-corrected chi connectivity index (χ0v) is 32.5. The van der Waals surface area contributed by atoms with E-state index in [-0.39, 0.29) is 32.8 Å². The van der Waals surface area contributed by atoms with Crippen LogP contribution < -0.4 is 5.73 Å². The maximum absolute atomic E-state index is 12.5. The van der Waals surface area contributed by atoms with Crippen LogP contribution in [0.3, 0.4) is 0 Å². The zero-order valence-electron chi connectivity index (χ0n) is 31.6. The van der Waals surface area contributed by atoms with Gasteiger partial charge in [-0.3, -0.25) is 13.8 Å². The summed E-state index contributed by atoms with van der Waals surface area (Å²) < 4.78 is 33.2. The molecule has 50 heavy (non-hydrogen) atoms. The van der Waals surface area contributed by atoms with Gasteiger partial charge in [0.2, 0.25) is 0 Å². The summed E-state index contributed by atoms with van der Waals surface area (Å²) >= 11 is 0. The van der Waals surface area contributed by atoms with Crippen molar-refractivity contribution >= 4 is 13.8 Å². The number of unbranched alkanes of at least 4 members (excludes halogenated alkanes) is 11. The van der Waals surface area contributed by atoms with Crippen LogP contribution in [0.5, 0.6) is 0 Å². The molecule has 0 amide bonds. The van der Waals surface area contributed by atoms with Crippen molar-refractivity contribution in [2.45, 2.75) is 148 Å². The Morgan fingerprint density at radius 3 is 1.68 bits per heavy atom. The second kappa shape index (κ2) is 38.2. The molecule has 0 radical (unpaired) electrons. The van der Waals surface area contributed by atoms with E-state index in [0.717, 1.165) is 44.9 Å². The molecule has 0 aliphatic rings. The minimum absolute atomic E-state index is 0.0797. The molecule has 0 rings (SSSR count). The molecular formula is C41H72NO7P. The second-order valence-corrected chi connectivity index (χ2v) is 13.9. The van der Waals surface area contributed by atoms with Crippen molar-refractivity contribution in [2.75, 3.05) is 33.0 Å². The number of rotatable bonds is 36. The van der Waals surface area contributed by atoms with Gasteiger partial charge in [0.15, 0.2) is 0 Å². The summed E-state index contributed by atoms with van der Waals surface area (Å²) in [5.74, 6) is -0.415. The van der Waals surface area contributed by atoms with Gasteiger partial charge in [0, 0.05) is 19.6 Å². The number of nitrogens with two attached hydrogens (primary N) is 1. The average molecular weight is 722 g/mol. The smallest absolute Gasteiger partial charge is 0.457 e. The Kier molecular flexibility index (Phi) is 36.6. The summed E-state index contributed by atoms with van der Waals surface area (Å²) in [5, 5.41) is 0. The highest BCUT2D eigenvalue weighted by molar-refractivity contribution is 7.47. The van der Waals surface area contributed by atoms with Crippen LogP contribution in [0.4, 0.5) is 0 Å². The summed E-state index contributed by atoms with van der Waals surface area (Å²) in [7, 11) is -4.30. The highest BCUT2D eigenvalue weighted by Gasteiger charge is 2.25. The Morgan fingerprint density at radius 2 is 1.12 bits per heavy atom. The van der Waals surface area contributed by atoms with Crippen LogP contribution in [0, 0.1) is 0 Å². The number of hydrogen-bond donors (Lipinski definition) is 2. The van der Waals surface area contributed by atoms with Crippen LogP contribution in [-0.4, -0.2) is 49.9 Å². The van der Waals surface area contributed by atoms with Gasteiger partial charge in [0.05, 0.1) is 19.8 Å². The van der Waals surface area contributed by atoms with E-state index in [1.54, 1.807) is 0 Å². The number of phosphoric acid groups is 1. The summed E-state index contributed by atoms with van der Waals surface area (Å²) in [5.41, 5.74) is 5.35. The van der Waals surface area contributed by atoms with Gasteiger partial charge in [-0.1, -0.05) is 138 Å². The van der Waals surface area contributed by atoms with Crippen LogP contribution >= 0.6 is 7.82 Å². The Labute approximate surface area is 305 Å². The van der Waals surface area contributed by atoms with Gasteiger partial charge < -0.3 is 20.1 Å². The largest absolute Gasteiger partial charge is 0.472 e. The van der Waals surface area contributed by atoms with E-state index in [1.807, 2.05) is 12.2 Å². The van der Waals surface area contributed by atoms with Gasteiger partial charge in [0.1, 0.15) is 6.10 Å². The molecular weight excluding hydrogens is 649 g/mol. The number of esters is 1. The van der Waals surface area contributed by atoms with E-state index in [9.17, 15) is 14.3 Å². The maximum Gasteiger partial charge on any atom is 0.472 e. The van der Waals surface area contributed by atoms with Crippen LogP contribution in [0.1, 0.15) is 142 Å². The highest BCUT2D eigenvalue weighted by atomic mass is 31.2. The van der Waals surface area contributed by atoms with Crippen molar-refractivity contribution in [3.05, 3.63) is 72.9 Å². The summed E-state index contributed by atoms with van der Waals surface area (Å²) in [6.45, 7) is 4.64. The average Bonchev–Trinajstić information content (AvgIpc) is 3.10. The lowest BCUT2D eigenvalue weighted by atomic mass is 10.1. The summed E-state index contributed by atoms with van der Waals surface area (Å²) in [6, 6.07) is 0. The molecule has 288 valence electrons. The third-order valence-corrected chi connectivity index (χ3v) is 8.61. The molecule has 9 heteroatoms. The maximum atomic E-state index is 12.5. The molecule has 0 aromatic rings. The van der Waals surface area contributed by atoms with Gasteiger partial charge in [0.25, 0.3) is 0 Å². The Morgan fingerprint density at radius 1 is 0.620 bits per heavy atom. The molecule has 2 unspecified atom stereocenters. The molecule has 0 spiro atoms. The van der Waals surface area contributed by atoms with Crippen molar-refractivity contribution in [1.29, 1.82) is 0 Å². The first kappa shape index (κ1) is 47.9. The third-order valence-electron chi connectivity index (χ3n) is 7.62. The fraction of sp³-hybridized carbons (Fsp3) is 0.683. The third kappa shape index (κ3) is 37.2. The molecule has 0 bridgehead atoms. The minimum Gasteiger partial charge on any atom is -0.457 e. The normalized spacial score (nSPS) is 14.4. The van der Waals surface area contributed by atoms with Crippen molar-refractivity contribution in [3.8, 4) is 0 Å². The standard InChI is InChI=1S/C41H72NO7P/c1-3-5-7-9-11-13-15-17-18-19-20-21-23-25-27-29-31-33-36-46-38-40(39-48-50(44,45)47-37-35-42)49-41(43)34-32-30-28-26-24-22-16-14-12-10-8-6-4-2/h6,8,11-14,17-18,22,24,28,30,40H,3-5,7,9-10,15-16,19-21,23,25-27,29,31-39,42H2,1-2H3,(H,44,45)/b8-6-,13-11-,14-12-,18-17-,24-22-,30-28-. The molecule has 0 fully saturated rings. The lowest BCUT2D eigenvalue weighted by Gasteiger charge is -2.20. The first-order chi connectivity index (χ1) is 24.4. The van der Waals surface area contributed by atoms with E-state index in [4.69, 9.17) is 24.3 Å². The van der Waals surface area contributed by atoms with Crippen molar-refractivity contribution in [3.63, 3.8) is 0 Å². The number of phosphoric ester groups is 1. The number of carbonyl (C=O) groups excluding carboxylic acids is 1. The van der Waals surface area contributed by atoms with Crippen LogP contribution in [0.2, 0.25) is 0 Å². The number of carbonyl (C=O) groups is 1. The number of hydrogen-bond acceptors (Lipinski definition) is 7. The zero-order chi connectivity index (χ0) is 36.6. The summed E-state index contributed by atoms with van der Waals surface area (Å²) in [6.07, 6.45) is 46.5. The minimum atomic E-state index is -4.30. The predicted molar refractivity (Wildman–Crippen MR) is 210 cm³/mol. The molecule has 0 aromatic carbocycles. The molecule has 2 atom stereocenters. The molecule has 0 aliphatic carbocycles. The van der Waals surface area contributed by atoms with Gasteiger partial charge in [-0.15, -0.1) is 0 Å². The number of ether oxygens (including phenoxy) is 2. The lowest BCUT2D eigenvalue weighted by Crippen LogP contribution is -2.28. The molecule has 0 aromatic heterocycles. The van der Waals surface area contributed by atoms with E-state index in [1.165, 1.54) is 70.6 Å². The first-order valence-electron chi connectivity index (χ1n) is 19.4. The molecule has 0 saturated carbocycles. The molecule has 0 heterocycles. The Hall–Kier alpha value is -2.06. The van der Waals surface area contributed by atoms with E-state index >= 15 is 0 Å². The SMILES string of the molecule is CC/C=C\C/C=C\C/C=C\C/C=C\CCC(=O)OC(COCCCCCCCCCC/C=C\C/C=C\CCCCC)COP(=O)(O)OCCN. The molecule has 8 nitrogen and oxygen atoms in total. The molecule has 0 aliphatic heterocycles. The van der Waals surface area contributed by atoms with Gasteiger partial charge in [-0.05, 0) is 70.6 Å². The van der Waals surface area contributed by atoms with Crippen molar-refractivity contribution < 1.29 is 32.8 Å². The lowest BCUT2D eigenvalue weighted by molar-refractivity contribution is -0.154. The fourth-order valence-electron chi connectivity index (χ4n) is 4.80. The number of allylic oxidation sites excluding steroid dienone is 12. The first-order valence-corrected chi connectivity index (χ1v) is 20.9. The summed E-state index contributed by atoms with van der Waals surface area (Å²) in [4.78, 5) is 22.3. The molecule has 3 N–H and O–H groups in total. The van der Waals surface area contributed by atoms with Crippen molar-refractivity contribution in [1.82, 2.24) is 0 Å². The topological polar surface area (TPSA) is 117 Å². The predicted octanol–water partition coefficient (Wildman–Crippen LogP) is 11.2. The second-order valence-electron chi connectivity index (χ2n) is 12.4. The van der Waals surface area contributed by atoms with Crippen LogP contribution in [0.25, 0.3) is 0 Å². The fourth-order valence-corrected chi connectivity index (χ4v) is 5.57. The van der Waals surface area contributed by atoms with Crippen LogP contribution in [0.15, 0.2) is 72.9 Å². The Balaban J connectivity index is 4.17. The van der Waals surface area contributed by atoms with Gasteiger partial charge in [-0.25, -0.2) is 4.57 Å². The Bertz CT molecular complexity index is 989. The van der Waals surface area contributed by atoms with E-state index in [0.29, 0.717) is 13.0 Å². The van der Waals surface area contributed by atoms with E-state index in [2.05, 4.69) is 74.6 Å². The monoisotopic (exact) mass is 722 g/mol. The highest BCUT2D eigenvalue weighted by Crippen LogP contribution is 2.43. The van der Waals surface area contributed by atoms with Gasteiger partial charge in [-0.2, -0.15) is 0 Å². The quantitative estimate of drug-likeness (QED) is 0.0284. The van der Waals surface area contributed by atoms with E-state index < -0.39 is 19.9 Å².